The molecule has 0 saturated carbocycles. The molecule has 0 aliphatic rings. The maximum Gasteiger partial charge on any atom is 0.143 e. The lowest BCUT2D eigenvalue weighted by Gasteiger charge is -2.19. The number of aromatic nitrogens is 2. The summed E-state index contributed by atoms with van der Waals surface area (Å²) in [4.78, 5) is 4.62. The Balaban J connectivity index is 1.31. The van der Waals surface area contributed by atoms with Gasteiger partial charge in [-0.3, -0.25) is 4.98 Å². The van der Waals surface area contributed by atoms with E-state index in [9.17, 15) is 0 Å². The van der Waals surface area contributed by atoms with Crippen molar-refractivity contribution in [2.75, 3.05) is 0 Å². The molecule has 50 heavy (non-hydrogen) atoms. The molecule has 232 valence electrons. The van der Waals surface area contributed by atoms with Crippen molar-refractivity contribution in [2.24, 2.45) is 0 Å². The van der Waals surface area contributed by atoms with Crippen LogP contribution < -0.4 is 0 Å². The predicted molar refractivity (Wildman–Crippen MR) is 209 cm³/mol. The van der Waals surface area contributed by atoms with Crippen LogP contribution >= 0.6 is 0 Å². The highest BCUT2D eigenvalue weighted by atomic mass is 16.3. The molecule has 3 heteroatoms. The number of nitrogens with zero attached hydrogens (tertiary/aromatic N) is 2. The highest BCUT2D eigenvalue weighted by Crippen LogP contribution is 2.49. The SMILES string of the molecule is c1ccc(-n2c3ccncc3c3cc(-c4c5ccccc5c(-c5cccc6c5oc5ccccc56)c5ccccc45)c4ccccc4c32)cc1. The first-order valence-electron chi connectivity index (χ1n) is 17.0. The maximum absolute atomic E-state index is 6.63. The van der Waals surface area contributed by atoms with Crippen molar-refractivity contribution in [3.05, 3.63) is 170 Å². The van der Waals surface area contributed by atoms with Crippen LogP contribution in [0.1, 0.15) is 0 Å². The number of para-hydroxylation sites is 3. The summed E-state index contributed by atoms with van der Waals surface area (Å²) in [5.41, 5.74) is 10.1. The molecule has 0 spiro atoms. The average molecular weight is 637 g/mol. The molecule has 11 rings (SSSR count). The summed E-state index contributed by atoms with van der Waals surface area (Å²) in [5, 5.41) is 11.9. The van der Waals surface area contributed by atoms with Crippen molar-refractivity contribution >= 4 is 76.1 Å². The van der Waals surface area contributed by atoms with Crippen LogP contribution in [0.5, 0.6) is 0 Å². The van der Waals surface area contributed by atoms with E-state index in [0.717, 1.165) is 44.1 Å². The Kier molecular flexibility index (Phi) is 5.67. The predicted octanol–water partition coefficient (Wildman–Crippen LogP) is 12.9. The van der Waals surface area contributed by atoms with Gasteiger partial charge in [-0.25, -0.2) is 0 Å². The molecule has 0 unspecified atom stereocenters. The van der Waals surface area contributed by atoms with E-state index in [4.69, 9.17) is 4.42 Å². The molecular formula is C47H28N2O. The Morgan fingerprint density at radius 1 is 0.420 bits per heavy atom. The first-order chi connectivity index (χ1) is 24.8. The van der Waals surface area contributed by atoms with E-state index in [1.165, 1.54) is 59.9 Å². The summed E-state index contributed by atoms with van der Waals surface area (Å²) in [6.07, 6.45) is 3.91. The standard InChI is InChI=1S/C47H28N2O/c1-2-13-29(14-3-1)49-42-25-26-48-28-41(42)40-27-39(30-15-4-9-21-36(30)46(40)49)45-34-19-7-5-17-32(34)44(33-18-6-8-20-35(33)45)38-23-12-22-37-31-16-10-11-24-43(31)50-47(37)38/h1-28H. The monoisotopic (exact) mass is 636 g/mol. The van der Waals surface area contributed by atoms with Gasteiger partial charge >= 0.3 is 0 Å². The van der Waals surface area contributed by atoms with Gasteiger partial charge in [0.05, 0.1) is 11.0 Å². The molecule has 0 amide bonds. The highest BCUT2D eigenvalue weighted by molar-refractivity contribution is 6.29. The van der Waals surface area contributed by atoms with E-state index in [2.05, 4.69) is 161 Å². The van der Waals surface area contributed by atoms with Crippen LogP contribution in [0.3, 0.4) is 0 Å². The van der Waals surface area contributed by atoms with Crippen LogP contribution in [0.2, 0.25) is 0 Å². The number of hydrogen-bond donors (Lipinski definition) is 0. The lowest BCUT2D eigenvalue weighted by molar-refractivity contribution is 0.670. The van der Waals surface area contributed by atoms with E-state index in [0.29, 0.717) is 0 Å². The Morgan fingerprint density at radius 2 is 1.00 bits per heavy atom. The van der Waals surface area contributed by atoms with Crippen molar-refractivity contribution in [3.63, 3.8) is 0 Å². The molecule has 0 atom stereocenters. The minimum atomic E-state index is 0.907. The molecule has 11 aromatic rings. The van der Waals surface area contributed by atoms with Crippen molar-refractivity contribution in [1.29, 1.82) is 0 Å². The van der Waals surface area contributed by atoms with Gasteiger partial charge in [-0.1, -0.05) is 127 Å². The molecule has 3 heterocycles. The molecule has 0 fully saturated rings. The van der Waals surface area contributed by atoms with E-state index in [-0.39, 0.29) is 0 Å². The molecule has 0 saturated heterocycles. The molecule has 0 N–H and O–H groups in total. The minimum Gasteiger partial charge on any atom is -0.455 e. The fourth-order valence-electron chi connectivity index (χ4n) is 8.42. The van der Waals surface area contributed by atoms with Crippen molar-refractivity contribution in [1.82, 2.24) is 9.55 Å². The first-order valence-corrected chi connectivity index (χ1v) is 17.0. The molecule has 8 aromatic carbocycles. The van der Waals surface area contributed by atoms with E-state index >= 15 is 0 Å². The van der Waals surface area contributed by atoms with Crippen LogP contribution in [0, 0.1) is 0 Å². The summed E-state index contributed by atoms with van der Waals surface area (Å²) in [7, 11) is 0. The van der Waals surface area contributed by atoms with Gasteiger partial charge in [0.15, 0.2) is 0 Å². The average Bonchev–Trinajstić information content (AvgIpc) is 3.73. The van der Waals surface area contributed by atoms with Gasteiger partial charge in [-0.15, -0.1) is 0 Å². The maximum atomic E-state index is 6.63. The number of pyridine rings is 1. The zero-order valence-corrected chi connectivity index (χ0v) is 27.0. The van der Waals surface area contributed by atoms with Crippen molar-refractivity contribution < 1.29 is 4.42 Å². The lowest BCUT2D eigenvalue weighted by Crippen LogP contribution is -1.95. The number of fused-ring (bicyclic) bond motifs is 10. The van der Waals surface area contributed by atoms with Gasteiger partial charge in [-0.2, -0.15) is 0 Å². The quantitative estimate of drug-likeness (QED) is 0.181. The third kappa shape index (κ3) is 3.72. The fraction of sp³-hybridized carbons (Fsp3) is 0. The number of furan rings is 1. The van der Waals surface area contributed by atoms with Gasteiger partial charge in [0.2, 0.25) is 0 Å². The van der Waals surface area contributed by atoms with Crippen molar-refractivity contribution in [2.45, 2.75) is 0 Å². The number of rotatable bonds is 3. The second-order valence-corrected chi connectivity index (χ2v) is 13.1. The van der Waals surface area contributed by atoms with E-state index in [1.54, 1.807) is 0 Å². The second kappa shape index (κ2) is 10.4. The van der Waals surface area contributed by atoms with Gasteiger partial charge in [0.1, 0.15) is 11.2 Å². The molecule has 0 bridgehead atoms. The minimum absolute atomic E-state index is 0.907. The molecule has 0 aliphatic carbocycles. The highest BCUT2D eigenvalue weighted by Gasteiger charge is 2.23. The van der Waals surface area contributed by atoms with Crippen molar-refractivity contribution in [3.8, 4) is 27.9 Å². The topological polar surface area (TPSA) is 31.0 Å². The number of benzene rings is 8. The summed E-state index contributed by atoms with van der Waals surface area (Å²) < 4.78 is 9.02. The van der Waals surface area contributed by atoms with Gasteiger partial charge in [0, 0.05) is 56.1 Å². The third-order valence-electron chi connectivity index (χ3n) is 10.5. The van der Waals surface area contributed by atoms with Gasteiger partial charge in [-0.05, 0) is 68.4 Å². The summed E-state index contributed by atoms with van der Waals surface area (Å²) in [5.74, 6) is 0. The molecular weight excluding hydrogens is 609 g/mol. The lowest BCUT2D eigenvalue weighted by atomic mass is 9.84. The number of hydrogen-bond acceptors (Lipinski definition) is 2. The van der Waals surface area contributed by atoms with Crippen LogP contribution in [0.25, 0.3) is 104 Å². The Morgan fingerprint density at radius 3 is 1.72 bits per heavy atom. The van der Waals surface area contributed by atoms with Crippen LogP contribution in [-0.2, 0) is 0 Å². The zero-order valence-electron chi connectivity index (χ0n) is 27.0. The van der Waals surface area contributed by atoms with E-state index < -0.39 is 0 Å². The van der Waals surface area contributed by atoms with Crippen LogP contribution in [-0.4, -0.2) is 9.55 Å². The Labute approximate surface area is 287 Å². The van der Waals surface area contributed by atoms with Crippen LogP contribution in [0.15, 0.2) is 175 Å². The molecule has 3 aromatic heterocycles. The summed E-state index contributed by atoms with van der Waals surface area (Å²) in [6.45, 7) is 0. The smallest absolute Gasteiger partial charge is 0.143 e. The molecule has 0 radical (unpaired) electrons. The van der Waals surface area contributed by atoms with Crippen LogP contribution in [0.4, 0.5) is 0 Å². The normalized spacial score (nSPS) is 12.0. The summed E-state index contributed by atoms with van der Waals surface area (Å²) >= 11 is 0. The van der Waals surface area contributed by atoms with Gasteiger partial charge < -0.3 is 8.98 Å². The fourth-order valence-corrected chi connectivity index (χ4v) is 8.42. The summed E-state index contributed by atoms with van der Waals surface area (Å²) in [6, 6.07) is 56.7. The second-order valence-electron chi connectivity index (χ2n) is 13.1. The zero-order chi connectivity index (χ0) is 32.8. The molecule has 3 nitrogen and oxygen atoms in total. The van der Waals surface area contributed by atoms with E-state index in [1.807, 2.05) is 18.5 Å². The molecule has 0 aliphatic heterocycles. The first kappa shape index (κ1) is 27.3. The Hall–Kier alpha value is -6.71. The largest absolute Gasteiger partial charge is 0.455 e. The third-order valence-corrected chi connectivity index (χ3v) is 10.5. The van der Waals surface area contributed by atoms with Gasteiger partial charge in [0.25, 0.3) is 0 Å². The Bertz CT molecular complexity index is 3090.